The molecule has 2 amide bonds. The van der Waals surface area contributed by atoms with Crippen LogP contribution in [0.2, 0.25) is 0 Å². The molecule has 6 atom stereocenters. The lowest BCUT2D eigenvalue weighted by Crippen LogP contribution is -2.60. The topological polar surface area (TPSA) is 131 Å². The molecular weight excluding hydrogens is 344 g/mol. The Morgan fingerprint density at radius 3 is 2.62 bits per heavy atom. The van der Waals surface area contributed by atoms with Crippen molar-refractivity contribution in [1.29, 1.82) is 0 Å². The predicted molar refractivity (Wildman–Crippen MR) is 90.3 cm³/mol. The van der Waals surface area contributed by atoms with Crippen LogP contribution in [0.15, 0.2) is 12.8 Å². The number of carbonyl (C=O) groups excluding carboxylic acids is 4. The van der Waals surface area contributed by atoms with E-state index in [2.05, 4.69) is 17.2 Å². The van der Waals surface area contributed by atoms with Gasteiger partial charge < -0.3 is 25.2 Å². The van der Waals surface area contributed by atoms with Crippen molar-refractivity contribution in [3.05, 3.63) is 12.8 Å². The molecule has 0 aromatic heterocycles. The fraction of sp³-hybridized carbons (Fsp3) is 0.647. The summed E-state index contributed by atoms with van der Waals surface area (Å²) in [4.78, 5) is 48.4. The molecule has 2 aliphatic carbocycles. The summed E-state index contributed by atoms with van der Waals surface area (Å²) in [6, 6.07) is -0.896. The van der Waals surface area contributed by atoms with E-state index in [0.29, 0.717) is 0 Å². The number of aliphatic hydroxyl groups is 1. The fourth-order valence-electron chi connectivity index (χ4n) is 3.88. The summed E-state index contributed by atoms with van der Waals surface area (Å²) in [5, 5.41) is 15.4. The van der Waals surface area contributed by atoms with Gasteiger partial charge in [0.1, 0.15) is 11.6 Å². The molecule has 9 nitrogen and oxygen atoms in total. The van der Waals surface area contributed by atoms with E-state index in [-0.39, 0.29) is 14.5 Å². The van der Waals surface area contributed by atoms with Gasteiger partial charge >= 0.3 is 11.9 Å². The van der Waals surface area contributed by atoms with Crippen LogP contribution in [0.4, 0.5) is 0 Å². The van der Waals surface area contributed by atoms with Crippen molar-refractivity contribution in [2.24, 2.45) is 17.8 Å². The van der Waals surface area contributed by atoms with Crippen molar-refractivity contribution >= 4 is 23.8 Å². The molecule has 2 saturated carbocycles. The van der Waals surface area contributed by atoms with Gasteiger partial charge in [0.25, 0.3) is 0 Å². The molecule has 2 fully saturated rings. The van der Waals surface area contributed by atoms with Crippen molar-refractivity contribution < 1.29 is 35.2 Å². The number of rotatable bonds is 7. The third-order valence-corrected chi connectivity index (χ3v) is 4.89. The minimum Gasteiger partial charge on any atom is -0.464 e. The van der Waals surface area contributed by atoms with Gasteiger partial charge in [-0.15, -0.1) is 0 Å². The largest absolute Gasteiger partial charge is 0.464 e. The van der Waals surface area contributed by atoms with Gasteiger partial charge in [0.05, 0.1) is 24.9 Å². The van der Waals surface area contributed by atoms with Crippen molar-refractivity contribution in [1.82, 2.24) is 10.6 Å². The highest BCUT2D eigenvalue weighted by molar-refractivity contribution is 5.94. The Labute approximate surface area is 152 Å². The molecule has 2 rings (SSSR count). The maximum Gasteiger partial charge on any atom is 0.332 e. The quantitative estimate of drug-likeness (QED) is 0.406. The van der Waals surface area contributed by atoms with Crippen LogP contribution in [-0.2, 0) is 28.7 Å². The normalized spacial score (nSPS) is 32.6. The van der Waals surface area contributed by atoms with Crippen LogP contribution >= 0.6 is 0 Å². The summed E-state index contributed by atoms with van der Waals surface area (Å²) >= 11 is 0. The van der Waals surface area contributed by atoms with Gasteiger partial charge in [0.15, 0.2) is 0 Å². The third kappa shape index (κ3) is 3.44. The number of hydrogen-bond donors (Lipinski definition) is 3. The number of esters is 2. The monoisotopic (exact) mass is 370 g/mol. The summed E-state index contributed by atoms with van der Waals surface area (Å²) < 4.78 is 9.88. The van der Waals surface area contributed by atoms with Crippen LogP contribution in [-0.4, -0.2) is 53.2 Å². The summed E-state index contributed by atoms with van der Waals surface area (Å²) in [5.74, 6) is -4.24. The first-order chi connectivity index (χ1) is 12.2. The Kier molecular flexibility index (Phi) is 5.70. The Bertz CT molecular complexity index is 641. The fourth-order valence-corrected chi connectivity index (χ4v) is 3.88. The molecule has 0 saturated heterocycles. The second-order valence-corrected chi connectivity index (χ2v) is 6.61. The average Bonchev–Trinajstić information content (AvgIpc) is 3.23. The van der Waals surface area contributed by atoms with E-state index in [1.54, 1.807) is 6.92 Å². The zero-order chi connectivity index (χ0) is 19.6. The minimum absolute atomic E-state index is 0. The van der Waals surface area contributed by atoms with Crippen molar-refractivity contribution in [2.45, 2.75) is 44.9 Å². The van der Waals surface area contributed by atoms with E-state index in [1.807, 2.05) is 0 Å². The Morgan fingerprint density at radius 1 is 1.42 bits per heavy atom. The number of amides is 2. The lowest BCUT2D eigenvalue weighted by atomic mass is 9.89. The highest BCUT2D eigenvalue weighted by Crippen LogP contribution is 2.63. The second kappa shape index (κ2) is 7.45. The molecule has 0 unspecified atom stereocenters. The highest BCUT2D eigenvalue weighted by Gasteiger charge is 2.76. The van der Waals surface area contributed by atoms with E-state index in [9.17, 15) is 24.3 Å². The first-order valence-electron chi connectivity index (χ1n) is 8.45. The lowest BCUT2D eigenvalue weighted by Gasteiger charge is -2.32. The molecule has 9 heteroatoms. The Balaban J connectivity index is 0.00000364. The molecule has 0 radical (unpaired) electrons. The lowest BCUT2D eigenvalue weighted by molar-refractivity contribution is -0.156. The van der Waals surface area contributed by atoms with Crippen molar-refractivity contribution in [3.63, 3.8) is 0 Å². The molecular formula is C17H26N2O7. The van der Waals surface area contributed by atoms with E-state index >= 15 is 0 Å². The Hall–Kier alpha value is -2.42. The summed E-state index contributed by atoms with van der Waals surface area (Å²) in [7, 11) is 0. The van der Waals surface area contributed by atoms with Crippen molar-refractivity contribution in [2.75, 3.05) is 6.61 Å². The van der Waals surface area contributed by atoms with Crippen LogP contribution in [0, 0.1) is 17.8 Å². The van der Waals surface area contributed by atoms with Gasteiger partial charge in [0, 0.05) is 26.6 Å². The van der Waals surface area contributed by atoms with E-state index < -0.39 is 59.2 Å². The summed E-state index contributed by atoms with van der Waals surface area (Å²) in [5.41, 5.74) is -1.55. The number of nitrogens with one attached hydrogen (secondary N) is 2. The molecule has 0 aliphatic heterocycles. The zero-order valence-corrected chi connectivity index (χ0v) is 15.0. The van der Waals surface area contributed by atoms with Gasteiger partial charge in [-0.3, -0.25) is 14.4 Å². The first-order valence-corrected chi connectivity index (χ1v) is 8.45. The van der Waals surface area contributed by atoms with E-state index in [0.717, 1.165) is 6.26 Å². The molecule has 0 spiro atoms. The third-order valence-electron chi connectivity index (χ3n) is 4.89. The maximum absolute atomic E-state index is 12.6. The number of aliphatic hydroxyl groups excluding tert-OH is 1. The second-order valence-electron chi connectivity index (χ2n) is 6.61. The van der Waals surface area contributed by atoms with E-state index in [4.69, 9.17) is 9.47 Å². The maximum atomic E-state index is 12.6. The van der Waals surface area contributed by atoms with Crippen LogP contribution in [0.3, 0.4) is 0 Å². The number of fused-ring (bicyclic) bond motifs is 1. The molecule has 3 N–H and O–H groups in total. The van der Waals surface area contributed by atoms with Gasteiger partial charge in [-0.1, -0.05) is 6.58 Å². The average molecular weight is 370 g/mol. The summed E-state index contributed by atoms with van der Waals surface area (Å²) in [6.45, 7) is 7.74. The van der Waals surface area contributed by atoms with Crippen LogP contribution in [0.1, 0.15) is 28.6 Å². The van der Waals surface area contributed by atoms with Crippen LogP contribution in [0.25, 0.3) is 0 Å². The molecule has 0 aromatic rings. The summed E-state index contributed by atoms with van der Waals surface area (Å²) in [6.07, 6.45) is -0.0628. The molecule has 0 heterocycles. The predicted octanol–water partition coefficient (Wildman–Crippen LogP) is -0.511. The molecule has 0 bridgehead atoms. The number of hydrogen-bond acceptors (Lipinski definition) is 7. The van der Waals surface area contributed by atoms with Crippen LogP contribution in [0.5, 0.6) is 0 Å². The van der Waals surface area contributed by atoms with Crippen molar-refractivity contribution in [3.8, 4) is 0 Å². The number of carbonyl (C=O) groups is 4. The zero-order valence-electron chi connectivity index (χ0n) is 15.0. The highest BCUT2D eigenvalue weighted by atomic mass is 16.5. The van der Waals surface area contributed by atoms with Gasteiger partial charge in [-0.25, -0.2) is 4.79 Å². The van der Waals surface area contributed by atoms with E-state index in [1.165, 1.54) is 13.8 Å². The van der Waals surface area contributed by atoms with Gasteiger partial charge in [-0.05, 0) is 13.8 Å². The van der Waals surface area contributed by atoms with Gasteiger partial charge in [0.2, 0.25) is 11.8 Å². The SMILES string of the molecule is C=COC(=O)[C@H]1[C@H]2[C@@H]1[C@@](NC(=O)[C@H](C)NC(C)=O)(C(=O)OCC)C[C@@H]2O.[HH]. The Morgan fingerprint density at radius 2 is 2.08 bits per heavy atom. The van der Waals surface area contributed by atoms with Gasteiger partial charge in [-0.2, -0.15) is 0 Å². The standard InChI is InChI=1S/C17H24N2O7.H2/c1-5-25-15(23)12-11-10(21)7-17(13(11)12,16(24)26-6-2)19-14(22)8(3)18-9(4)20;/h5,8,10-13,21H,1,6-7H2,2-4H3,(H,18,20)(H,19,22);1H/t8-,10-,11-,12-,13-,17+;/m0./s1. The minimum atomic E-state index is -1.55. The number of ether oxygens (including phenoxy) is 2. The molecule has 2 aliphatic rings. The van der Waals surface area contributed by atoms with Crippen LogP contribution < -0.4 is 10.6 Å². The first kappa shape index (κ1) is 19.9. The molecule has 146 valence electrons. The molecule has 0 aromatic carbocycles. The smallest absolute Gasteiger partial charge is 0.332 e. The molecule has 26 heavy (non-hydrogen) atoms.